The number of carbonyl (C=O) groups is 1. The first-order valence-electron chi connectivity index (χ1n) is 9.35. The minimum Gasteiger partial charge on any atom is -0.492 e. The van der Waals surface area contributed by atoms with E-state index in [1.54, 1.807) is 0 Å². The zero-order valence-corrected chi connectivity index (χ0v) is 16.0. The second-order valence-corrected chi connectivity index (χ2v) is 6.36. The van der Waals surface area contributed by atoms with Gasteiger partial charge in [-0.2, -0.15) is 0 Å². The lowest BCUT2D eigenvalue weighted by atomic mass is 10.1. The van der Waals surface area contributed by atoms with Crippen molar-refractivity contribution in [2.45, 2.75) is 46.1 Å². The maximum Gasteiger partial charge on any atom is 0.261 e. The van der Waals surface area contributed by atoms with Gasteiger partial charge in [-0.3, -0.25) is 4.79 Å². The summed E-state index contributed by atoms with van der Waals surface area (Å²) in [4.78, 5) is 12.3. The molecular weight excluding hydrogens is 326 g/mol. The van der Waals surface area contributed by atoms with Gasteiger partial charge < -0.3 is 14.8 Å². The van der Waals surface area contributed by atoms with Gasteiger partial charge in [0.1, 0.15) is 18.1 Å². The summed E-state index contributed by atoms with van der Waals surface area (Å²) < 4.78 is 11.5. The highest BCUT2D eigenvalue weighted by molar-refractivity contribution is 5.81. The molecule has 0 aliphatic heterocycles. The van der Waals surface area contributed by atoms with Crippen molar-refractivity contribution in [3.05, 3.63) is 59.7 Å². The van der Waals surface area contributed by atoms with Crippen LogP contribution in [0.3, 0.4) is 0 Å². The Morgan fingerprint density at radius 3 is 2.50 bits per heavy atom. The van der Waals surface area contributed by atoms with Crippen LogP contribution >= 0.6 is 0 Å². The number of nitrogens with one attached hydrogen (secondary N) is 1. The molecule has 140 valence electrons. The molecule has 0 unspecified atom stereocenters. The van der Waals surface area contributed by atoms with Gasteiger partial charge in [0.15, 0.2) is 6.10 Å². The quantitative estimate of drug-likeness (QED) is 0.647. The van der Waals surface area contributed by atoms with Gasteiger partial charge in [0, 0.05) is 0 Å². The van der Waals surface area contributed by atoms with Crippen LogP contribution in [-0.2, 0) is 11.2 Å². The van der Waals surface area contributed by atoms with Crippen molar-refractivity contribution >= 4 is 5.91 Å². The Bertz CT molecular complexity index is 682. The van der Waals surface area contributed by atoms with Gasteiger partial charge in [0.2, 0.25) is 0 Å². The van der Waals surface area contributed by atoms with Crippen LogP contribution in [0.5, 0.6) is 11.5 Å². The molecule has 2 aromatic rings. The van der Waals surface area contributed by atoms with Crippen molar-refractivity contribution in [2.24, 2.45) is 0 Å². The van der Waals surface area contributed by atoms with E-state index >= 15 is 0 Å². The molecule has 1 atom stereocenters. The number of amides is 1. The van der Waals surface area contributed by atoms with Gasteiger partial charge in [-0.15, -0.1) is 0 Å². The Morgan fingerprint density at radius 1 is 1.08 bits per heavy atom. The first kappa shape index (κ1) is 19.8. The van der Waals surface area contributed by atoms with Crippen molar-refractivity contribution in [2.75, 3.05) is 13.2 Å². The molecule has 0 spiro atoms. The third kappa shape index (κ3) is 6.43. The van der Waals surface area contributed by atoms with Crippen LogP contribution in [0.15, 0.2) is 48.5 Å². The van der Waals surface area contributed by atoms with Crippen LogP contribution < -0.4 is 14.8 Å². The summed E-state index contributed by atoms with van der Waals surface area (Å²) in [5.41, 5.74) is 2.42. The first-order chi connectivity index (χ1) is 12.6. The zero-order valence-electron chi connectivity index (χ0n) is 16.0. The standard InChI is InChI=1S/C22H29NO3/c1-4-7-18-10-12-19(13-11-18)25-15-14-23-22(24)21(5-2)26-20-9-6-8-17(3)16-20/h6,8-13,16,21H,4-5,7,14-15H2,1-3H3,(H,23,24)/t21-/m1/s1. The molecule has 4 heteroatoms. The Hall–Kier alpha value is -2.49. The van der Waals surface area contributed by atoms with Crippen LogP contribution in [0, 0.1) is 6.92 Å². The van der Waals surface area contributed by atoms with Crippen molar-refractivity contribution in [3.8, 4) is 11.5 Å². The van der Waals surface area contributed by atoms with E-state index in [1.807, 2.05) is 50.2 Å². The number of hydrogen-bond acceptors (Lipinski definition) is 3. The Morgan fingerprint density at radius 2 is 1.85 bits per heavy atom. The second kappa shape index (κ2) is 10.5. The Kier molecular flexibility index (Phi) is 8.00. The average molecular weight is 355 g/mol. The number of ether oxygens (including phenoxy) is 2. The lowest BCUT2D eigenvalue weighted by Gasteiger charge is -2.17. The van der Waals surface area contributed by atoms with E-state index in [9.17, 15) is 4.79 Å². The monoisotopic (exact) mass is 355 g/mol. The fourth-order valence-corrected chi connectivity index (χ4v) is 2.67. The summed E-state index contributed by atoms with van der Waals surface area (Å²) in [5.74, 6) is 1.42. The number of aryl methyl sites for hydroxylation is 2. The average Bonchev–Trinajstić information content (AvgIpc) is 2.64. The fraction of sp³-hybridized carbons (Fsp3) is 0.409. The van der Waals surface area contributed by atoms with E-state index in [0.717, 1.165) is 29.9 Å². The zero-order chi connectivity index (χ0) is 18.8. The largest absolute Gasteiger partial charge is 0.492 e. The molecular formula is C22H29NO3. The molecule has 0 aliphatic rings. The molecule has 0 fully saturated rings. The van der Waals surface area contributed by atoms with Crippen LogP contribution in [0.25, 0.3) is 0 Å². The Balaban J connectivity index is 1.74. The van der Waals surface area contributed by atoms with Crippen molar-refractivity contribution in [3.63, 3.8) is 0 Å². The summed E-state index contributed by atoms with van der Waals surface area (Å²) >= 11 is 0. The number of carbonyl (C=O) groups excluding carboxylic acids is 1. The normalized spacial score (nSPS) is 11.7. The number of benzene rings is 2. The molecule has 26 heavy (non-hydrogen) atoms. The van der Waals surface area contributed by atoms with E-state index < -0.39 is 6.10 Å². The summed E-state index contributed by atoms with van der Waals surface area (Å²) in [6.07, 6.45) is 2.33. The van der Waals surface area contributed by atoms with Gasteiger partial charge in [0.25, 0.3) is 5.91 Å². The summed E-state index contributed by atoms with van der Waals surface area (Å²) in [6.45, 7) is 6.98. The molecule has 1 amide bonds. The maximum atomic E-state index is 12.3. The highest BCUT2D eigenvalue weighted by atomic mass is 16.5. The van der Waals surface area contributed by atoms with Crippen LogP contribution in [-0.4, -0.2) is 25.2 Å². The Labute approximate surface area is 156 Å². The molecule has 2 aromatic carbocycles. The molecule has 0 heterocycles. The second-order valence-electron chi connectivity index (χ2n) is 6.36. The van der Waals surface area contributed by atoms with Crippen LogP contribution in [0.2, 0.25) is 0 Å². The van der Waals surface area contributed by atoms with E-state index in [-0.39, 0.29) is 5.91 Å². The molecule has 0 aliphatic carbocycles. The molecule has 0 aromatic heterocycles. The lowest BCUT2D eigenvalue weighted by Crippen LogP contribution is -2.39. The van der Waals surface area contributed by atoms with E-state index in [0.29, 0.717) is 19.6 Å². The molecule has 0 radical (unpaired) electrons. The summed E-state index contributed by atoms with van der Waals surface area (Å²) in [5, 5.41) is 2.88. The summed E-state index contributed by atoms with van der Waals surface area (Å²) in [6, 6.07) is 15.8. The lowest BCUT2D eigenvalue weighted by molar-refractivity contribution is -0.128. The van der Waals surface area contributed by atoms with Gasteiger partial charge in [-0.1, -0.05) is 44.5 Å². The first-order valence-corrected chi connectivity index (χ1v) is 9.35. The van der Waals surface area contributed by atoms with Crippen LogP contribution in [0.1, 0.15) is 37.8 Å². The fourth-order valence-electron chi connectivity index (χ4n) is 2.67. The van der Waals surface area contributed by atoms with Gasteiger partial charge >= 0.3 is 0 Å². The highest BCUT2D eigenvalue weighted by Gasteiger charge is 2.17. The minimum atomic E-state index is -0.495. The number of hydrogen-bond donors (Lipinski definition) is 1. The molecule has 0 saturated carbocycles. The van der Waals surface area contributed by atoms with E-state index in [4.69, 9.17) is 9.47 Å². The van der Waals surface area contributed by atoms with Gasteiger partial charge in [-0.25, -0.2) is 0 Å². The summed E-state index contributed by atoms with van der Waals surface area (Å²) in [7, 11) is 0. The van der Waals surface area contributed by atoms with Crippen molar-refractivity contribution in [1.82, 2.24) is 5.32 Å². The van der Waals surface area contributed by atoms with Crippen molar-refractivity contribution < 1.29 is 14.3 Å². The smallest absolute Gasteiger partial charge is 0.261 e. The molecule has 0 saturated heterocycles. The predicted octanol–water partition coefficient (Wildman–Crippen LogP) is 4.30. The highest BCUT2D eigenvalue weighted by Crippen LogP contribution is 2.16. The van der Waals surface area contributed by atoms with E-state index in [1.165, 1.54) is 5.56 Å². The SMILES string of the molecule is CCCc1ccc(OCCNC(=O)[C@@H](CC)Oc2cccc(C)c2)cc1. The third-order valence-electron chi connectivity index (χ3n) is 4.06. The molecule has 4 nitrogen and oxygen atoms in total. The maximum absolute atomic E-state index is 12.3. The molecule has 0 bridgehead atoms. The predicted molar refractivity (Wildman–Crippen MR) is 105 cm³/mol. The molecule has 1 N–H and O–H groups in total. The number of rotatable bonds is 10. The van der Waals surface area contributed by atoms with Crippen LogP contribution in [0.4, 0.5) is 0 Å². The topological polar surface area (TPSA) is 47.6 Å². The van der Waals surface area contributed by atoms with Gasteiger partial charge in [0.05, 0.1) is 6.54 Å². The molecule has 2 rings (SSSR count). The minimum absolute atomic E-state index is 0.115. The van der Waals surface area contributed by atoms with Crippen molar-refractivity contribution in [1.29, 1.82) is 0 Å². The third-order valence-corrected chi connectivity index (χ3v) is 4.06. The van der Waals surface area contributed by atoms with Gasteiger partial charge in [-0.05, 0) is 55.2 Å². The van der Waals surface area contributed by atoms with E-state index in [2.05, 4.69) is 24.4 Å².